The fourth-order valence-corrected chi connectivity index (χ4v) is 2.03. The molecule has 0 radical (unpaired) electrons. The van der Waals surface area contributed by atoms with Gasteiger partial charge in [0, 0.05) is 6.04 Å². The van der Waals surface area contributed by atoms with Crippen molar-refractivity contribution in [1.82, 2.24) is 5.32 Å². The highest BCUT2D eigenvalue weighted by molar-refractivity contribution is 7.98. The molecule has 1 atom stereocenters. The van der Waals surface area contributed by atoms with E-state index in [-0.39, 0.29) is 0 Å². The molecule has 1 N–H and O–H groups in total. The normalized spacial score (nSPS) is 12.7. The highest BCUT2D eigenvalue weighted by Gasteiger charge is 2.05. The maximum Gasteiger partial charge on any atom is 0.0112 e. The summed E-state index contributed by atoms with van der Waals surface area (Å²) in [5.74, 6) is 1.23. The van der Waals surface area contributed by atoms with Crippen molar-refractivity contribution in [2.24, 2.45) is 0 Å². The first-order chi connectivity index (χ1) is 6.86. The van der Waals surface area contributed by atoms with Crippen LogP contribution in [-0.2, 0) is 6.42 Å². The zero-order valence-electron chi connectivity index (χ0n) is 8.99. The van der Waals surface area contributed by atoms with Crippen molar-refractivity contribution in [1.29, 1.82) is 0 Å². The zero-order valence-corrected chi connectivity index (χ0v) is 9.81. The summed E-state index contributed by atoms with van der Waals surface area (Å²) >= 11 is 1.92. The molecule has 0 amide bonds. The Balaban J connectivity index is 2.40. The molecule has 0 aliphatic heterocycles. The third-order valence-corrected chi connectivity index (χ3v) is 3.05. The molecule has 1 aromatic carbocycles. The highest BCUT2D eigenvalue weighted by Crippen LogP contribution is 2.07. The Morgan fingerprint density at radius 1 is 1.29 bits per heavy atom. The van der Waals surface area contributed by atoms with Crippen LogP contribution in [0.1, 0.15) is 12.0 Å². The Morgan fingerprint density at radius 2 is 2.00 bits per heavy atom. The molecule has 0 heterocycles. The molecule has 2 heteroatoms. The smallest absolute Gasteiger partial charge is 0.0112 e. The Morgan fingerprint density at radius 3 is 2.57 bits per heavy atom. The van der Waals surface area contributed by atoms with Gasteiger partial charge in [0.05, 0.1) is 0 Å². The van der Waals surface area contributed by atoms with Crippen LogP contribution in [0, 0.1) is 0 Å². The zero-order chi connectivity index (χ0) is 10.2. The Hall–Kier alpha value is -0.470. The van der Waals surface area contributed by atoms with Crippen LogP contribution in [0.25, 0.3) is 0 Å². The quantitative estimate of drug-likeness (QED) is 0.773. The van der Waals surface area contributed by atoms with Crippen LogP contribution < -0.4 is 5.32 Å². The molecule has 0 aliphatic rings. The van der Waals surface area contributed by atoms with Crippen LogP contribution in [-0.4, -0.2) is 25.1 Å². The second-order valence-electron chi connectivity index (χ2n) is 3.46. The molecule has 1 aromatic rings. The fraction of sp³-hybridized carbons (Fsp3) is 0.500. The molecular formula is C12H19NS. The second kappa shape index (κ2) is 6.91. The lowest BCUT2D eigenvalue weighted by molar-refractivity contribution is 0.547. The predicted octanol–water partition coefficient (Wildman–Crippen LogP) is 2.57. The number of rotatable bonds is 6. The Bertz CT molecular complexity index is 235. The molecule has 0 saturated carbocycles. The maximum absolute atomic E-state index is 3.37. The molecular weight excluding hydrogens is 190 g/mol. The molecule has 0 bridgehead atoms. The van der Waals surface area contributed by atoms with Crippen LogP contribution in [0.15, 0.2) is 30.3 Å². The average molecular weight is 209 g/mol. The summed E-state index contributed by atoms with van der Waals surface area (Å²) in [5, 5.41) is 3.37. The molecule has 14 heavy (non-hydrogen) atoms. The van der Waals surface area contributed by atoms with Crippen LogP contribution in [0.2, 0.25) is 0 Å². The summed E-state index contributed by atoms with van der Waals surface area (Å²) in [5.41, 5.74) is 1.42. The van der Waals surface area contributed by atoms with E-state index in [9.17, 15) is 0 Å². The topological polar surface area (TPSA) is 12.0 Å². The fourth-order valence-electron chi connectivity index (χ4n) is 1.51. The molecule has 0 aliphatic carbocycles. The summed E-state index contributed by atoms with van der Waals surface area (Å²) in [4.78, 5) is 0. The summed E-state index contributed by atoms with van der Waals surface area (Å²) in [7, 11) is 2.05. The Labute approximate surface area is 91.3 Å². The molecule has 1 nitrogen and oxygen atoms in total. The lowest BCUT2D eigenvalue weighted by Crippen LogP contribution is -2.28. The summed E-state index contributed by atoms with van der Waals surface area (Å²) in [6.45, 7) is 0. The van der Waals surface area contributed by atoms with Gasteiger partial charge in [-0.15, -0.1) is 0 Å². The van der Waals surface area contributed by atoms with Gasteiger partial charge in [-0.3, -0.25) is 0 Å². The molecule has 0 spiro atoms. The largest absolute Gasteiger partial charge is 0.317 e. The first-order valence-corrected chi connectivity index (χ1v) is 6.46. The third-order valence-electron chi connectivity index (χ3n) is 2.40. The van der Waals surface area contributed by atoms with Crippen LogP contribution >= 0.6 is 11.8 Å². The van der Waals surface area contributed by atoms with Crippen molar-refractivity contribution in [2.75, 3.05) is 19.1 Å². The van der Waals surface area contributed by atoms with Crippen molar-refractivity contribution in [2.45, 2.75) is 18.9 Å². The molecule has 1 rings (SSSR count). The number of benzene rings is 1. The van der Waals surface area contributed by atoms with E-state index >= 15 is 0 Å². The van der Waals surface area contributed by atoms with E-state index < -0.39 is 0 Å². The molecule has 78 valence electrons. The maximum atomic E-state index is 3.37. The van der Waals surface area contributed by atoms with Gasteiger partial charge >= 0.3 is 0 Å². The minimum absolute atomic E-state index is 0.616. The molecule has 0 aromatic heterocycles. The number of likely N-dealkylation sites (N-methyl/N-ethyl adjacent to an activating group) is 1. The van der Waals surface area contributed by atoms with Crippen molar-refractivity contribution in [3.63, 3.8) is 0 Å². The first kappa shape index (κ1) is 11.6. The minimum Gasteiger partial charge on any atom is -0.317 e. The Kier molecular flexibility index (Phi) is 5.72. The van der Waals surface area contributed by atoms with Crippen LogP contribution in [0.3, 0.4) is 0 Å². The third kappa shape index (κ3) is 4.16. The van der Waals surface area contributed by atoms with Gasteiger partial charge in [-0.25, -0.2) is 0 Å². The van der Waals surface area contributed by atoms with E-state index in [0.717, 1.165) is 6.42 Å². The van der Waals surface area contributed by atoms with E-state index in [1.54, 1.807) is 0 Å². The van der Waals surface area contributed by atoms with E-state index in [2.05, 4.69) is 41.9 Å². The molecule has 0 saturated heterocycles. The summed E-state index contributed by atoms with van der Waals surface area (Å²) in [6, 6.07) is 11.3. The average Bonchev–Trinajstić information content (AvgIpc) is 2.25. The van der Waals surface area contributed by atoms with Crippen LogP contribution in [0.4, 0.5) is 0 Å². The van der Waals surface area contributed by atoms with Gasteiger partial charge < -0.3 is 5.32 Å². The number of nitrogens with one attached hydrogen (secondary N) is 1. The van der Waals surface area contributed by atoms with Gasteiger partial charge in [-0.1, -0.05) is 30.3 Å². The van der Waals surface area contributed by atoms with Crippen LogP contribution in [0.5, 0.6) is 0 Å². The highest BCUT2D eigenvalue weighted by atomic mass is 32.2. The van der Waals surface area contributed by atoms with E-state index in [0.29, 0.717) is 6.04 Å². The van der Waals surface area contributed by atoms with Gasteiger partial charge in [0.25, 0.3) is 0 Å². The van der Waals surface area contributed by atoms with Crippen molar-refractivity contribution in [3.8, 4) is 0 Å². The van der Waals surface area contributed by atoms with E-state index in [1.165, 1.54) is 17.7 Å². The van der Waals surface area contributed by atoms with Gasteiger partial charge in [0.2, 0.25) is 0 Å². The van der Waals surface area contributed by atoms with Gasteiger partial charge in [-0.05, 0) is 37.5 Å². The van der Waals surface area contributed by atoms with Gasteiger partial charge in [0.1, 0.15) is 0 Å². The van der Waals surface area contributed by atoms with E-state index in [1.807, 2.05) is 18.8 Å². The predicted molar refractivity (Wildman–Crippen MR) is 66.0 cm³/mol. The molecule has 1 unspecified atom stereocenters. The second-order valence-corrected chi connectivity index (χ2v) is 4.44. The number of hydrogen-bond acceptors (Lipinski definition) is 2. The molecule has 0 fully saturated rings. The monoisotopic (exact) mass is 209 g/mol. The lowest BCUT2D eigenvalue weighted by Gasteiger charge is -2.15. The SMILES string of the molecule is CNC(CCSC)Cc1ccccc1. The summed E-state index contributed by atoms with van der Waals surface area (Å²) < 4.78 is 0. The van der Waals surface area contributed by atoms with Gasteiger partial charge in [-0.2, -0.15) is 11.8 Å². The van der Waals surface area contributed by atoms with E-state index in [4.69, 9.17) is 0 Å². The van der Waals surface area contributed by atoms with Gasteiger partial charge in [0.15, 0.2) is 0 Å². The van der Waals surface area contributed by atoms with Crippen molar-refractivity contribution in [3.05, 3.63) is 35.9 Å². The number of hydrogen-bond donors (Lipinski definition) is 1. The first-order valence-electron chi connectivity index (χ1n) is 5.07. The van der Waals surface area contributed by atoms with Crippen molar-refractivity contribution >= 4 is 11.8 Å². The minimum atomic E-state index is 0.616. The standard InChI is InChI=1S/C12H19NS/c1-13-12(8-9-14-2)10-11-6-4-3-5-7-11/h3-7,12-13H,8-10H2,1-2H3. The summed E-state index contributed by atoms with van der Waals surface area (Å²) in [6.07, 6.45) is 4.54. The number of thioether (sulfide) groups is 1. The lowest BCUT2D eigenvalue weighted by atomic mass is 10.0. The van der Waals surface area contributed by atoms with Crippen molar-refractivity contribution < 1.29 is 0 Å².